The molecule has 1 aliphatic heterocycles. The SMILES string of the molecule is CC(C)c1ccc(/C=N/N2CC[NH+](Cc3ccccc3Cl)CC2)cc1. The average Bonchev–Trinajstić information content (AvgIpc) is 2.63. The zero-order valence-electron chi connectivity index (χ0n) is 15.1. The zero-order valence-corrected chi connectivity index (χ0v) is 15.8. The molecule has 1 saturated heterocycles. The van der Waals surface area contributed by atoms with Gasteiger partial charge >= 0.3 is 0 Å². The van der Waals surface area contributed by atoms with Crippen molar-refractivity contribution in [3.8, 4) is 0 Å². The number of hydrogen-bond donors (Lipinski definition) is 1. The fraction of sp³-hybridized carbons (Fsp3) is 0.381. The summed E-state index contributed by atoms with van der Waals surface area (Å²) in [5, 5.41) is 7.70. The summed E-state index contributed by atoms with van der Waals surface area (Å²) in [6, 6.07) is 16.8. The molecule has 4 heteroatoms. The van der Waals surface area contributed by atoms with Crippen molar-refractivity contribution in [3.63, 3.8) is 0 Å². The van der Waals surface area contributed by atoms with E-state index in [-0.39, 0.29) is 0 Å². The van der Waals surface area contributed by atoms with Crippen LogP contribution >= 0.6 is 11.6 Å². The molecule has 0 spiro atoms. The van der Waals surface area contributed by atoms with Crippen LogP contribution in [0.5, 0.6) is 0 Å². The predicted molar refractivity (Wildman–Crippen MR) is 106 cm³/mol. The van der Waals surface area contributed by atoms with E-state index < -0.39 is 0 Å². The minimum Gasteiger partial charge on any atom is -0.328 e. The first-order valence-electron chi connectivity index (χ1n) is 9.07. The van der Waals surface area contributed by atoms with Crippen LogP contribution in [-0.2, 0) is 6.54 Å². The lowest BCUT2D eigenvalue weighted by molar-refractivity contribution is -0.918. The van der Waals surface area contributed by atoms with Crippen molar-refractivity contribution in [1.29, 1.82) is 0 Å². The molecule has 0 unspecified atom stereocenters. The van der Waals surface area contributed by atoms with Gasteiger partial charge in [0.2, 0.25) is 0 Å². The van der Waals surface area contributed by atoms with Crippen LogP contribution in [0.2, 0.25) is 5.02 Å². The lowest BCUT2D eigenvalue weighted by Gasteiger charge is -2.30. The Kier molecular flexibility index (Phi) is 6.11. The van der Waals surface area contributed by atoms with Gasteiger partial charge in [-0.3, -0.25) is 5.01 Å². The molecular weight excluding hydrogens is 330 g/mol. The molecule has 1 heterocycles. The maximum atomic E-state index is 6.27. The Morgan fingerprint density at radius 3 is 2.40 bits per heavy atom. The van der Waals surface area contributed by atoms with Gasteiger partial charge in [0.15, 0.2) is 0 Å². The monoisotopic (exact) mass is 356 g/mol. The van der Waals surface area contributed by atoms with Crippen LogP contribution in [0.4, 0.5) is 0 Å². The molecule has 0 atom stereocenters. The van der Waals surface area contributed by atoms with Crippen LogP contribution in [-0.4, -0.2) is 37.4 Å². The van der Waals surface area contributed by atoms with Crippen molar-refractivity contribution >= 4 is 17.8 Å². The molecule has 132 valence electrons. The van der Waals surface area contributed by atoms with Crippen molar-refractivity contribution in [1.82, 2.24) is 5.01 Å². The third-order valence-electron chi connectivity index (χ3n) is 4.82. The number of hydrogen-bond acceptors (Lipinski definition) is 2. The Morgan fingerprint density at radius 2 is 1.76 bits per heavy atom. The first-order chi connectivity index (χ1) is 12.1. The van der Waals surface area contributed by atoms with Gasteiger partial charge in [-0.2, -0.15) is 5.10 Å². The number of halogens is 1. The Bertz CT molecular complexity index is 701. The van der Waals surface area contributed by atoms with E-state index in [0.717, 1.165) is 43.3 Å². The van der Waals surface area contributed by atoms with Crippen LogP contribution in [0.1, 0.15) is 36.5 Å². The number of hydrazone groups is 1. The highest BCUT2D eigenvalue weighted by Crippen LogP contribution is 2.14. The van der Waals surface area contributed by atoms with Crippen molar-refractivity contribution in [2.45, 2.75) is 26.3 Å². The van der Waals surface area contributed by atoms with E-state index in [2.05, 4.69) is 60.4 Å². The molecule has 2 aromatic rings. The molecule has 1 N–H and O–H groups in total. The summed E-state index contributed by atoms with van der Waals surface area (Å²) in [5.74, 6) is 0.570. The summed E-state index contributed by atoms with van der Waals surface area (Å²) >= 11 is 6.27. The lowest BCUT2D eigenvalue weighted by atomic mass is 10.0. The molecule has 1 aliphatic rings. The summed E-state index contributed by atoms with van der Waals surface area (Å²) in [5.41, 5.74) is 3.77. The highest BCUT2D eigenvalue weighted by atomic mass is 35.5. The van der Waals surface area contributed by atoms with E-state index in [9.17, 15) is 0 Å². The third-order valence-corrected chi connectivity index (χ3v) is 5.19. The van der Waals surface area contributed by atoms with Crippen LogP contribution in [0.15, 0.2) is 53.6 Å². The summed E-state index contributed by atoms with van der Waals surface area (Å²) in [7, 11) is 0. The van der Waals surface area contributed by atoms with Gasteiger partial charge in [-0.05, 0) is 23.1 Å². The van der Waals surface area contributed by atoms with E-state index in [1.807, 2.05) is 18.3 Å². The smallest absolute Gasteiger partial charge is 0.104 e. The highest BCUT2D eigenvalue weighted by Gasteiger charge is 2.19. The summed E-state index contributed by atoms with van der Waals surface area (Å²) in [6.07, 6.45) is 1.98. The molecule has 0 amide bonds. The second-order valence-electron chi connectivity index (χ2n) is 7.04. The van der Waals surface area contributed by atoms with E-state index in [1.165, 1.54) is 11.1 Å². The molecule has 0 aliphatic carbocycles. The molecule has 1 fully saturated rings. The summed E-state index contributed by atoms with van der Waals surface area (Å²) in [6.45, 7) is 9.58. The van der Waals surface area contributed by atoms with Gasteiger partial charge in [0.05, 0.1) is 32.4 Å². The van der Waals surface area contributed by atoms with Crippen LogP contribution < -0.4 is 4.90 Å². The number of nitrogens with one attached hydrogen (secondary N) is 1. The molecule has 3 rings (SSSR count). The van der Waals surface area contributed by atoms with E-state index in [0.29, 0.717) is 5.92 Å². The molecule has 0 radical (unpaired) electrons. The molecule has 25 heavy (non-hydrogen) atoms. The molecular formula is C21H27ClN3+. The van der Waals surface area contributed by atoms with Gasteiger partial charge in [0, 0.05) is 10.6 Å². The summed E-state index contributed by atoms with van der Waals surface area (Å²) < 4.78 is 0. The standard InChI is InChI=1S/C21H26ClN3/c1-17(2)19-9-7-18(8-10-19)15-23-25-13-11-24(12-14-25)16-20-5-3-4-6-21(20)22/h3-10,15,17H,11-14,16H2,1-2H3/p+1/b23-15+. The first-order valence-corrected chi connectivity index (χ1v) is 9.45. The van der Waals surface area contributed by atoms with Gasteiger partial charge in [0.25, 0.3) is 0 Å². The fourth-order valence-electron chi connectivity index (χ4n) is 3.13. The normalized spacial score (nSPS) is 16.1. The maximum Gasteiger partial charge on any atom is 0.104 e. The predicted octanol–water partition coefficient (Wildman–Crippen LogP) is 3.20. The summed E-state index contributed by atoms with van der Waals surface area (Å²) in [4.78, 5) is 1.57. The van der Waals surface area contributed by atoms with Gasteiger partial charge in [-0.25, -0.2) is 0 Å². The average molecular weight is 357 g/mol. The van der Waals surface area contributed by atoms with E-state index >= 15 is 0 Å². The van der Waals surface area contributed by atoms with Crippen LogP contribution in [0, 0.1) is 0 Å². The lowest BCUT2D eigenvalue weighted by Crippen LogP contribution is -3.13. The maximum absolute atomic E-state index is 6.27. The van der Waals surface area contributed by atoms with E-state index in [1.54, 1.807) is 4.90 Å². The quantitative estimate of drug-likeness (QED) is 0.816. The number of piperazine rings is 1. The Balaban J connectivity index is 1.49. The minimum atomic E-state index is 0.570. The highest BCUT2D eigenvalue weighted by molar-refractivity contribution is 6.31. The van der Waals surface area contributed by atoms with E-state index in [4.69, 9.17) is 11.6 Å². The fourth-order valence-corrected chi connectivity index (χ4v) is 3.33. The number of nitrogens with zero attached hydrogens (tertiary/aromatic N) is 2. The minimum absolute atomic E-state index is 0.570. The first kappa shape index (κ1) is 18.0. The third kappa shape index (κ3) is 5.07. The van der Waals surface area contributed by atoms with Crippen LogP contribution in [0.3, 0.4) is 0 Å². The zero-order chi connectivity index (χ0) is 17.6. The molecule has 0 aromatic heterocycles. The van der Waals surface area contributed by atoms with Crippen molar-refractivity contribution in [3.05, 3.63) is 70.2 Å². The van der Waals surface area contributed by atoms with Gasteiger partial charge in [-0.15, -0.1) is 0 Å². The van der Waals surface area contributed by atoms with Crippen molar-refractivity contribution < 1.29 is 4.90 Å². The van der Waals surface area contributed by atoms with Gasteiger partial charge < -0.3 is 4.90 Å². The number of rotatable bonds is 5. The largest absolute Gasteiger partial charge is 0.328 e. The Morgan fingerprint density at radius 1 is 1.08 bits per heavy atom. The second kappa shape index (κ2) is 8.50. The number of benzene rings is 2. The molecule has 3 nitrogen and oxygen atoms in total. The number of quaternary nitrogens is 1. The van der Waals surface area contributed by atoms with Gasteiger partial charge in [-0.1, -0.05) is 67.9 Å². The second-order valence-corrected chi connectivity index (χ2v) is 7.44. The Labute approximate surface area is 155 Å². The molecule has 0 saturated carbocycles. The molecule has 0 bridgehead atoms. The Hall–Kier alpha value is -1.84. The van der Waals surface area contributed by atoms with Crippen molar-refractivity contribution in [2.24, 2.45) is 5.10 Å². The van der Waals surface area contributed by atoms with Gasteiger partial charge in [0.1, 0.15) is 6.54 Å². The topological polar surface area (TPSA) is 20.0 Å². The van der Waals surface area contributed by atoms with Crippen molar-refractivity contribution in [2.75, 3.05) is 26.2 Å². The molecule has 2 aromatic carbocycles. The van der Waals surface area contributed by atoms with Crippen LogP contribution in [0.25, 0.3) is 0 Å².